The van der Waals surface area contributed by atoms with E-state index in [1.807, 2.05) is 13.0 Å². The van der Waals surface area contributed by atoms with Crippen LogP contribution in [0.3, 0.4) is 0 Å². The van der Waals surface area contributed by atoms with E-state index >= 15 is 0 Å². The number of rotatable bonds is 6. The molecule has 0 radical (unpaired) electrons. The van der Waals surface area contributed by atoms with Crippen LogP contribution in [0.5, 0.6) is 5.75 Å². The third kappa shape index (κ3) is 4.31. The first-order valence-corrected chi connectivity index (χ1v) is 5.93. The first kappa shape index (κ1) is 13.3. The van der Waals surface area contributed by atoms with Crippen LogP contribution in [0.25, 0.3) is 5.76 Å². The maximum atomic E-state index is 9.68. The molecule has 1 rings (SSSR count). The molecule has 3 heteroatoms. The highest BCUT2D eigenvalue weighted by molar-refractivity contribution is 5.65. The minimum atomic E-state index is 0.198. The van der Waals surface area contributed by atoms with E-state index in [0.717, 1.165) is 19.3 Å². The van der Waals surface area contributed by atoms with Crippen molar-refractivity contribution >= 4 is 12.0 Å². The van der Waals surface area contributed by atoms with E-state index in [1.54, 1.807) is 30.5 Å². The van der Waals surface area contributed by atoms with Crippen LogP contribution in [-0.4, -0.2) is 11.3 Å². The maximum Gasteiger partial charge on any atom is 0.164 e. The second-order valence-corrected chi connectivity index (χ2v) is 3.69. The Hall–Kier alpha value is -1.77. The summed E-state index contributed by atoms with van der Waals surface area (Å²) in [5.74, 6) is 0.764. The van der Waals surface area contributed by atoms with Crippen molar-refractivity contribution in [3.8, 4) is 5.75 Å². The average molecular weight is 233 g/mol. The summed E-state index contributed by atoms with van der Waals surface area (Å²) in [5.41, 5.74) is 0.655. The van der Waals surface area contributed by atoms with Gasteiger partial charge in [0.15, 0.2) is 5.76 Å². The summed E-state index contributed by atoms with van der Waals surface area (Å²) in [6, 6.07) is 7.05. The van der Waals surface area contributed by atoms with Gasteiger partial charge in [-0.15, -0.1) is 0 Å². The van der Waals surface area contributed by atoms with Gasteiger partial charge in [-0.2, -0.15) is 0 Å². The van der Waals surface area contributed by atoms with Gasteiger partial charge in [0.05, 0.1) is 5.56 Å². The van der Waals surface area contributed by atoms with Gasteiger partial charge in [-0.1, -0.05) is 30.6 Å². The molecule has 17 heavy (non-hydrogen) atoms. The van der Waals surface area contributed by atoms with Gasteiger partial charge in [-0.05, 0) is 38.0 Å². The third-order valence-corrected chi connectivity index (χ3v) is 2.34. The predicted octanol–water partition coefficient (Wildman–Crippen LogP) is 3.95. The lowest BCUT2D eigenvalue weighted by atomic mass is 10.1. The Morgan fingerprint density at radius 3 is 2.82 bits per heavy atom. The molecule has 0 aliphatic rings. The number of unbranched alkanes of at least 4 members (excludes halogenated alkanes) is 2. The summed E-state index contributed by atoms with van der Waals surface area (Å²) < 4.78 is 0. The van der Waals surface area contributed by atoms with Crippen molar-refractivity contribution in [1.29, 1.82) is 0 Å². The van der Waals surface area contributed by atoms with E-state index < -0.39 is 0 Å². The lowest BCUT2D eigenvalue weighted by Gasteiger charge is -2.06. The molecule has 0 heterocycles. The second kappa shape index (κ2) is 7.49. The molecule has 0 spiro atoms. The van der Waals surface area contributed by atoms with Crippen molar-refractivity contribution in [3.05, 3.63) is 35.9 Å². The normalized spacial score (nSPS) is 12.0. The number of benzene rings is 1. The minimum absolute atomic E-state index is 0.198. The number of allylic oxidation sites excluding steroid dienone is 1. The molecule has 0 atom stereocenters. The van der Waals surface area contributed by atoms with Gasteiger partial charge in [0.1, 0.15) is 5.75 Å². The number of para-hydroxylation sites is 1. The van der Waals surface area contributed by atoms with Gasteiger partial charge in [-0.3, -0.25) is 0 Å². The zero-order valence-corrected chi connectivity index (χ0v) is 10.4. The van der Waals surface area contributed by atoms with E-state index in [9.17, 15) is 5.11 Å². The standard InChI is InChI=1S/C14H19NO2/c1-3-5-8-11-15-17-14(4-2)12-9-6-7-10-13(12)16/h4,6-7,9-11,16H,3,5,8H2,1-2H3/b14-4-,15-11+. The molecule has 0 aliphatic carbocycles. The van der Waals surface area contributed by atoms with Crippen molar-refractivity contribution in [1.82, 2.24) is 0 Å². The molecule has 1 aromatic rings. The molecule has 0 aliphatic heterocycles. The fourth-order valence-electron chi connectivity index (χ4n) is 1.38. The molecule has 92 valence electrons. The van der Waals surface area contributed by atoms with Crippen molar-refractivity contribution < 1.29 is 9.94 Å². The van der Waals surface area contributed by atoms with Gasteiger partial charge < -0.3 is 9.94 Å². The number of phenols is 1. The number of phenolic OH excluding ortho intramolecular Hbond substituents is 1. The van der Waals surface area contributed by atoms with Crippen molar-refractivity contribution in [2.24, 2.45) is 5.16 Å². The summed E-state index contributed by atoms with van der Waals surface area (Å²) in [6.45, 7) is 3.98. The van der Waals surface area contributed by atoms with E-state index in [0.29, 0.717) is 11.3 Å². The highest BCUT2D eigenvalue weighted by Crippen LogP contribution is 2.25. The lowest BCUT2D eigenvalue weighted by Crippen LogP contribution is -1.88. The SMILES string of the molecule is C/C=C(\O/N=C/CCCC)c1ccccc1O. The van der Waals surface area contributed by atoms with E-state index in [4.69, 9.17) is 4.84 Å². The van der Waals surface area contributed by atoms with Gasteiger partial charge in [-0.25, -0.2) is 0 Å². The highest BCUT2D eigenvalue weighted by Gasteiger charge is 2.06. The fourth-order valence-corrected chi connectivity index (χ4v) is 1.38. The maximum absolute atomic E-state index is 9.68. The van der Waals surface area contributed by atoms with Crippen LogP contribution in [0.15, 0.2) is 35.5 Å². The molecule has 0 bridgehead atoms. The Bertz CT molecular complexity index is 397. The predicted molar refractivity (Wildman–Crippen MR) is 70.9 cm³/mol. The zero-order chi connectivity index (χ0) is 12.5. The topological polar surface area (TPSA) is 41.8 Å². The summed E-state index contributed by atoms with van der Waals surface area (Å²) in [5, 5.41) is 13.6. The number of oxime groups is 1. The molecule has 0 saturated carbocycles. The number of hydrogen-bond acceptors (Lipinski definition) is 3. The van der Waals surface area contributed by atoms with Crippen LogP contribution in [0.1, 0.15) is 38.7 Å². The second-order valence-electron chi connectivity index (χ2n) is 3.69. The van der Waals surface area contributed by atoms with Crippen molar-refractivity contribution in [2.75, 3.05) is 0 Å². The molecule has 1 aromatic carbocycles. The van der Waals surface area contributed by atoms with E-state index in [1.165, 1.54) is 0 Å². The quantitative estimate of drug-likeness (QED) is 0.350. The van der Waals surface area contributed by atoms with E-state index in [2.05, 4.69) is 12.1 Å². The first-order valence-electron chi connectivity index (χ1n) is 5.93. The fraction of sp³-hybridized carbons (Fsp3) is 0.357. The molecule has 3 nitrogen and oxygen atoms in total. The molecule has 1 N–H and O–H groups in total. The highest BCUT2D eigenvalue weighted by atomic mass is 16.6. The van der Waals surface area contributed by atoms with Crippen LogP contribution >= 0.6 is 0 Å². The lowest BCUT2D eigenvalue weighted by molar-refractivity contribution is 0.296. The molecule has 0 saturated heterocycles. The smallest absolute Gasteiger partial charge is 0.164 e. The van der Waals surface area contributed by atoms with Gasteiger partial charge >= 0.3 is 0 Å². The summed E-state index contributed by atoms with van der Waals surface area (Å²) in [7, 11) is 0. The molecular formula is C14H19NO2. The summed E-state index contributed by atoms with van der Waals surface area (Å²) >= 11 is 0. The van der Waals surface area contributed by atoms with E-state index in [-0.39, 0.29) is 5.75 Å². The molecule has 0 fully saturated rings. The van der Waals surface area contributed by atoms with Crippen molar-refractivity contribution in [3.63, 3.8) is 0 Å². The first-order chi connectivity index (χ1) is 8.29. The summed E-state index contributed by atoms with van der Waals surface area (Å²) in [4.78, 5) is 5.28. The molecule has 0 aromatic heterocycles. The van der Waals surface area contributed by atoms with Crippen LogP contribution in [-0.2, 0) is 4.84 Å². The monoisotopic (exact) mass is 233 g/mol. The number of nitrogens with zero attached hydrogens (tertiary/aromatic N) is 1. The van der Waals surface area contributed by atoms with Crippen molar-refractivity contribution in [2.45, 2.75) is 33.1 Å². The number of aromatic hydroxyl groups is 1. The largest absolute Gasteiger partial charge is 0.507 e. The third-order valence-electron chi connectivity index (χ3n) is 2.34. The van der Waals surface area contributed by atoms with Crippen LogP contribution < -0.4 is 0 Å². The zero-order valence-electron chi connectivity index (χ0n) is 10.4. The molecule has 0 unspecified atom stereocenters. The van der Waals surface area contributed by atoms with Gasteiger partial charge in [0, 0.05) is 6.21 Å². The average Bonchev–Trinajstić information content (AvgIpc) is 2.35. The van der Waals surface area contributed by atoms with Gasteiger partial charge in [0.25, 0.3) is 0 Å². The minimum Gasteiger partial charge on any atom is -0.507 e. The van der Waals surface area contributed by atoms with Crippen LogP contribution in [0, 0.1) is 0 Å². The summed E-state index contributed by atoms with van der Waals surface area (Å²) in [6.07, 6.45) is 6.70. The Morgan fingerprint density at radius 2 is 2.18 bits per heavy atom. The molecule has 0 amide bonds. The Balaban J connectivity index is 2.62. The Kier molecular flexibility index (Phi) is 5.86. The van der Waals surface area contributed by atoms with Crippen LogP contribution in [0.2, 0.25) is 0 Å². The van der Waals surface area contributed by atoms with Crippen LogP contribution in [0.4, 0.5) is 0 Å². The van der Waals surface area contributed by atoms with Gasteiger partial charge in [0.2, 0.25) is 0 Å². The number of hydrogen-bond donors (Lipinski definition) is 1. The Morgan fingerprint density at radius 1 is 1.41 bits per heavy atom. The molecular weight excluding hydrogens is 214 g/mol. The Labute approximate surface area is 102 Å².